The van der Waals surface area contributed by atoms with E-state index in [1.807, 2.05) is 23.1 Å². The molecule has 3 heteroatoms. The first-order valence-corrected chi connectivity index (χ1v) is 7.44. The van der Waals surface area contributed by atoms with Gasteiger partial charge >= 0.3 is 0 Å². The Labute approximate surface area is 115 Å². The molecule has 1 amide bonds. The fourth-order valence-electron chi connectivity index (χ4n) is 2.48. The van der Waals surface area contributed by atoms with Crippen LogP contribution in [0.25, 0.3) is 0 Å². The topological polar surface area (TPSA) is 20.3 Å². The van der Waals surface area contributed by atoms with Crippen LogP contribution >= 0.6 is 12.6 Å². The van der Waals surface area contributed by atoms with Crippen molar-refractivity contribution >= 4 is 18.5 Å². The molecule has 0 radical (unpaired) electrons. The molecule has 0 fully saturated rings. The number of nitrogens with zero attached hydrogens (tertiary/aromatic N) is 1. The molecule has 0 N–H and O–H groups in total. The molecule has 18 heavy (non-hydrogen) atoms. The lowest BCUT2D eigenvalue weighted by Gasteiger charge is -2.20. The second kappa shape index (κ2) is 6.83. The number of aryl methyl sites for hydroxylation is 1. The number of fused-ring (bicyclic) bond motifs is 1. The van der Waals surface area contributed by atoms with E-state index in [1.165, 1.54) is 5.56 Å². The SMILES string of the molecule is O=C1c2ccccc2CCCN1CCCCCS. The van der Waals surface area contributed by atoms with Gasteiger partial charge in [-0.15, -0.1) is 0 Å². The van der Waals surface area contributed by atoms with Crippen LogP contribution in [0.1, 0.15) is 41.6 Å². The minimum atomic E-state index is 0.217. The van der Waals surface area contributed by atoms with Crippen molar-refractivity contribution in [3.63, 3.8) is 0 Å². The number of unbranched alkanes of at least 4 members (excludes halogenated alkanes) is 2. The third-order valence-electron chi connectivity index (χ3n) is 3.50. The monoisotopic (exact) mass is 263 g/mol. The summed E-state index contributed by atoms with van der Waals surface area (Å²) in [6.07, 6.45) is 5.50. The van der Waals surface area contributed by atoms with E-state index >= 15 is 0 Å². The fourth-order valence-corrected chi connectivity index (χ4v) is 2.71. The zero-order valence-electron chi connectivity index (χ0n) is 10.8. The van der Waals surface area contributed by atoms with Crippen molar-refractivity contribution in [1.29, 1.82) is 0 Å². The molecule has 0 saturated heterocycles. The smallest absolute Gasteiger partial charge is 0.254 e. The molecule has 1 heterocycles. The van der Waals surface area contributed by atoms with E-state index in [0.29, 0.717) is 0 Å². The first-order chi connectivity index (χ1) is 8.83. The third kappa shape index (κ3) is 3.29. The molecule has 0 bridgehead atoms. The molecule has 0 aromatic heterocycles. The Morgan fingerprint density at radius 3 is 2.83 bits per heavy atom. The molecule has 1 aliphatic heterocycles. The van der Waals surface area contributed by atoms with E-state index in [1.54, 1.807) is 0 Å². The van der Waals surface area contributed by atoms with E-state index < -0.39 is 0 Å². The summed E-state index contributed by atoms with van der Waals surface area (Å²) in [6, 6.07) is 8.02. The van der Waals surface area contributed by atoms with Crippen LogP contribution in [0.3, 0.4) is 0 Å². The van der Waals surface area contributed by atoms with Crippen molar-refractivity contribution < 1.29 is 4.79 Å². The quantitative estimate of drug-likeness (QED) is 0.639. The standard InChI is InChI=1S/C15H21NOS/c17-15-14-9-3-2-7-13(14)8-6-11-16(15)10-4-1-5-12-18/h2-3,7,9,18H,1,4-6,8,10-12H2. The lowest BCUT2D eigenvalue weighted by atomic mass is 10.0. The number of benzene rings is 1. The Kier molecular flexibility index (Phi) is 5.12. The van der Waals surface area contributed by atoms with Crippen LogP contribution in [0.2, 0.25) is 0 Å². The Morgan fingerprint density at radius 1 is 1.17 bits per heavy atom. The normalized spacial score (nSPS) is 15.4. The average Bonchev–Trinajstić information content (AvgIpc) is 2.56. The second-order valence-corrected chi connectivity index (χ2v) is 5.28. The van der Waals surface area contributed by atoms with Crippen molar-refractivity contribution in [2.24, 2.45) is 0 Å². The zero-order chi connectivity index (χ0) is 12.8. The van der Waals surface area contributed by atoms with Crippen LogP contribution < -0.4 is 0 Å². The average molecular weight is 263 g/mol. The van der Waals surface area contributed by atoms with Gasteiger partial charge in [0.05, 0.1) is 0 Å². The maximum atomic E-state index is 12.4. The Bertz CT molecular complexity index is 405. The molecule has 2 nitrogen and oxygen atoms in total. The maximum Gasteiger partial charge on any atom is 0.254 e. The summed E-state index contributed by atoms with van der Waals surface area (Å²) in [7, 11) is 0. The van der Waals surface area contributed by atoms with Gasteiger partial charge in [-0.2, -0.15) is 12.6 Å². The number of carbonyl (C=O) groups excluding carboxylic acids is 1. The van der Waals surface area contributed by atoms with E-state index in [2.05, 4.69) is 18.7 Å². The predicted molar refractivity (Wildman–Crippen MR) is 78.4 cm³/mol. The number of hydrogen-bond donors (Lipinski definition) is 1. The lowest BCUT2D eigenvalue weighted by Crippen LogP contribution is -2.31. The number of hydrogen-bond acceptors (Lipinski definition) is 2. The first kappa shape index (κ1) is 13.5. The van der Waals surface area contributed by atoms with Gasteiger partial charge in [0.25, 0.3) is 5.91 Å². The van der Waals surface area contributed by atoms with E-state index in [-0.39, 0.29) is 5.91 Å². The fraction of sp³-hybridized carbons (Fsp3) is 0.533. The highest BCUT2D eigenvalue weighted by Gasteiger charge is 2.21. The van der Waals surface area contributed by atoms with E-state index in [0.717, 1.165) is 56.5 Å². The molecule has 0 unspecified atom stereocenters. The lowest BCUT2D eigenvalue weighted by molar-refractivity contribution is 0.0758. The highest BCUT2D eigenvalue weighted by atomic mass is 32.1. The minimum absolute atomic E-state index is 0.217. The molecule has 1 aromatic rings. The molecule has 2 rings (SSSR count). The maximum absolute atomic E-state index is 12.4. The van der Waals surface area contributed by atoms with Crippen LogP contribution in [0.15, 0.2) is 24.3 Å². The van der Waals surface area contributed by atoms with Crippen LogP contribution in [0, 0.1) is 0 Å². The number of thiol groups is 1. The van der Waals surface area contributed by atoms with Gasteiger partial charge in [0.15, 0.2) is 0 Å². The molecule has 0 atom stereocenters. The van der Waals surface area contributed by atoms with Gasteiger partial charge < -0.3 is 4.90 Å². The molecule has 0 spiro atoms. The number of carbonyl (C=O) groups is 1. The summed E-state index contributed by atoms with van der Waals surface area (Å²) in [4.78, 5) is 14.4. The van der Waals surface area contributed by atoms with Gasteiger partial charge in [0.2, 0.25) is 0 Å². The highest BCUT2D eigenvalue weighted by Crippen LogP contribution is 2.18. The van der Waals surface area contributed by atoms with E-state index in [4.69, 9.17) is 0 Å². The van der Waals surface area contributed by atoms with Crippen molar-refractivity contribution in [2.45, 2.75) is 32.1 Å². The zero-order valence-corrected chi connectivity index (χ0v) is 11.7. The summed E-state index contributed by atoms with van der Waals surface area (Å²) < 4.78 is 0. The van der Waals surface area contributed by atoms with Gasteiger partial charge in [-0.3, -0.25) is 4.79 Å². The third-order valence-corrected chi connectivity index (χ3v) is 3.81. The van der Waals surface area contributed by atoms with E-state index in [9.17, 15) is 4.79 Å². The van der Waals surface area contributed by atoms with Gasteiger partial charge in [-0.1, -0.05) is 24.6 Å². The molecule has 0 saturated carbocycles. The summed E-state index contributed by atoms with van der Waals surface area (Å²) in [5, 5.41) is 0. The molecule has 1 aromatic carbocycles. The summed E-state index contributed by atoms with van der Waals surface area (Å²) in [5.41, 5.74) is 2.12. The molecule has 98 valence electrons. The molecule has 1 aliphatic rings. The Morgan fingerprint density at radius 2 is 2.00 bits per heavy atom. The first-order valence-electron chi connectivity index (χ1n) is 6.81. The van der Waals surface area contributed by atoms with Crippen molar-refractivity contribution in [3.8, 4) is 0 Å². The molecular weight excluding hydrogens is 242 g/mol. The summed E-state index contributed by atoms with van der Waals surface area (Å²) in [6.45, 7) is 1.79. The van der Waals surface area contributed by atoms with Crippen LogP contribution in [0.4, 0.5) is 0 Å². The number of amides is 1. The second-order valence-electron chi connectivity index (χ2n) is 4.84. The highest BCUT2D eigenvalue weighted by molar-refractivity contribution is 7.80. The van der Waals surface area contributed by atoms with Gasteiger partial charge in [-0.25, -0.2) is 0 Å². The minimum Gasteiger partial charge on any atom is -0.339 e. The van der Waals surface area contributed by atoms with Crippen molar-refractivity contribution in [3.05, 3.63) is 35.4 Å². The van der Waals surface area contributed by atoms with Gasteiger partial charge in [-0.05, 0) is 43.1 Å². The largest absolute Gasteiger partial charge is 0.339 e. The Balaban J connectivity index is 1.99. The predicted octanol–water partition coefficient (Wildman–Crippen LogP) is 3.18. The summed E-state index contributed by atoms with van der Waals surface area (Å²) >= 11 is 4.21. The Hall–Kier alpha value is -0.960. The van der Waals surface area contributed by atoms with Gasteiger partial charge in [0.1, 0.15) is 0 Å². The van der Waals surface area contributed by atoms with Crippen LogP contribution in [-0.2, 0) is 6.42 Å². The van der Waals surface area contributed by atoms with Crippen LogP contribution in [-0.4, -0.2) is 29.6 Å². The number of rotatable bonds is 5. The molecule has 0 aliphatic carbocycles. The van der Waals surface area contributed by atoms with Crippen LogP contribution in [0.5, 0.6) is 0 Å². The molecular formula is C15H21NOS. The summed E-state index contributed by atoms with van der Waals surface area (Å²) in [5.74, 6) is 1.16. The van der Waals surface area contributed by atoms with Gasteiger partial charge in [0, 0.05) is 18.7 Å². The van der Waals surface area contributed by atoms with Crippen molar-refractivity contribution in [1.82, 2.24) is 4.90 Å². The van der Waals surface area contributed by atoms with Crippen molar-refractivity contribution in [2.75, 3.05) is 18.8 Å².